The molecule has 0 saturated heterocycles. The zero-order chi connectivity index (χ0) is 21.2. The van der Waals surface area contributed by atoms with Crippen molar-refractivity contribution in [1.82, 2.24) is 14.9 Å². The van der Waals surface area contributed by atoms with Crippen molar-refractivity contribution in [3.05, 3.63) is 35.7 Å². The van der Waals surface area contributed by atoms with Crippen LogP contribution in [0.5, 0.6) is 0 Å². The molecule has 0 N–H and O–H groups in total. The molecule has 0 radical (unpaired) electrons. The lowest BCUT2D eigenvalue weighted by Crippen LogP contribution is -2.54. The largest absolute Gasteiger partial charge is 0.341 e. The predicted molar refractivity (Wildman–Crippen MR) is 118 cm³/mol. The van der Waals surface area contributed by atoms with E-state index in [4.69, 9.17) is 9.97 Å². The molecule has 1 aromatic heterocycles. The van der Waals surface area contributed by atoms with Crippen LogP contribution in [-0.4, -0.2) is 33.9 Å². The maximum atomic E-state index is 14.3. The van der Waals surface area contributed by atoms with Crippen molar-refractivity contribution in [1.29, 1.82) is 0 Å². The number of nitrogens with zero attached hydrogens (tertiary/aromatic N) is 3. The van der Waals surface area contributed by atoms with E-state index in [1.807, 2.05) is 24.3 Å². The molecule has 29 heavy (non-hydrogen) atoms. The molecule has 0 spiro atoms. The first-order valence-corrected chi connectivity index (χ1v) is 11.1. The van der Waals surface area contributed by atoms with E-state index in [2.05, 4.69) is 53.4 Å². The van der Waals surface area contributed by atoms with Gasteiger partial charge in [-0.15, -0.1) is 0 Å². The summed E-state index contributed by atoms with van der Waals surface area (Å²) >= 11 is 0. The highest BCUT2D eigenvalue weighted by atomic mass is 16.2. The van der Waals surface area contributed by atoms with Crippen LogP contribution in [0, 0.1) is 17.3 Å². The van der Waals surface area contributed by atoms with Crippen LogP contribution in [0.2, 0.25) is 0 Å². The minimum atomic E-state index is -0.585. The Morgan fingerprint density at radius 2 is 1.45 bits per heavy atom. The third kappa shape index (κ3) is 2.60. The summed E-state index contributed by atoms with van der Waals surface area (Å²) in [5, 5.41) is 0. The molecule has 156 valence electrons. The van der Waals surface area contributed by atoms with E-state index in [0.717, 1.165) is 48.4 Å². The number of fused-ring (bicyclic) bond motifs is 6. The van der Waals surface area contributed by atoms with Gasteiger partial charge in [0, 0.05) is 18.5 Å². The monoisotopic (exact) mass is 393 g/mol. The Hall–Kier alpha value is -1.97. The summed E-state index contributed by atoms with van der Waals surface area (Å²) in [5.41, 5.74) is 2.88. The van der Waals surface area contributed by atoms with Crippen molar-refractivity contribution in [2.75, 3.05) is 13.1 Å². The third-order valence-electron chi connectivity index (χ3n) is 7.77. The van der Waals surface area contributed by atoms with Crippen LogP contribution in [0.3, 0.4) is 0 Å². The standard InChI is InChI=1S/C25H35N3O/c1-16(2)14-28(15-17(3)4)22(29)25-13-12-24(7,23(25,5)6)20-21(25)27-19-11-9-8-10-18(19)26-20/h8-11,16-17H,12-15H2,1-7H3. The van der Waals surface area contributed by atoms with E-state index in [1.54, 1.807) is 0 Å². The highest BCUT2D eigenvalue weighted by molar-refractivity contribution is 5.93. The summed E-state index contributed by atoms with van der Waals surface area (Å²) in [4.78, 5) is 26.6. The second kappa shape index (κ2) is 6.52. The Morgan fingerprint density at radius 3 is 1.97 bits per heavy atom. The summed E-state index contributed by atoms with van der Waals surface area (Å²) in [7, 11) is 0. The molecule has 4 nitrogen and oxygen atoms in total. The molecular formula is C25H35N3O. The van der Waals surface area contributed by atoms with Gasteiger partial charge in [0.1, 0.15) is 0 Å². The molecular weight excluding hydrogens is 358 g/mol. The molecule has 2 aromatic rings. The van der Waals surface area contributed by atoms with Gasteiger partial charge in [0.25, 0.3) is 0 Å². The average molecular weight is 394 g/mol. The Balaban J connectivity index is 1.92. The Bertz CT molecular complexity index is 954. The number of rotatable bonds is 5. The first kappa shape index (κ1) is 20.3. The van der Waals surface area contributed by atoms with Gasteiger partial charge < -0.3 is 4.90 Å². The van der Waals surface area contributed by atoms with E-state index < -0.39 is 5.41 Å². The summed E-state index contributed by atoms with van der Waals surface area (Å²) < 4.78 is 0. The van der Waals surface area contributed by atoms with Crippen LogP contribution in [-0.2, 0) is 15.6 Å². The first-order valence-electron chi connectivity index (χ1n) is 11.1. The molecule has 2 unspecified atom stereocenters. The smallest absolute Gasteiger partial charge is 0.235 e. The highest BCUT2D eigenvalue weighted by Crippen LogP contribution is 2.70. The number of para-hydroxylation sites is 2. The minimum Gasteiger partial charge on any atom is -0.341 e. The zero-order valence-electron chi connectivity index (χ0n) is 19.0. The summed E-state index contributed by atoms with van der Waals surface area (Å²) in [6.07, 6.45) is 1.85. The molecule has 1 aromatic carbocycles. The summed E-state index contributed by atoms with van der Waals surface area (Å²) in [6.45, 7) is 17.2. The SMILES string of the molecule is CC(C)CN(CC(C)C)C(=O)C12CCC(C)(c3nc4ccccc4nc31)C2(C)C. The van der Waals surface area contributed by atoms with Crippen molar-refractivity contribution < 1.29 is 4.79 Å². The third-order valence-corrected chi connectivity index (χ3v) is 7.77. The highest BCUT2D eigenvalue weighted by Gasteiger charge is 2.73. The molecule has 0 aliphatic heterocycles. The van der Waals surface area contributed by atoms with Gasteiger partial charge in [-0.2, -0.15) is 0 Å². The molecule has 2 atom stereocenters. The summed E-state index contributed by atoms with van der Waals surface area (Å²) in [5.74, 6) is 1.14. The van der Waals surface area contributed by atoms with Gasteiger partial charge in [0.05, 0.1) is 27.8 Å². The lowest BCUT2D eigenvalue weighted by atomic mass is 9.63. The molecule has 4 heteroatoms. The molecule has 1 amide bonds. The van der Waals surface area contributed by atoms with Gasteiger partial charge in [-0.3, -0.25) is 4.79 Å². The maximum absolute atomic E-state index is 14.3. The number of hydrogen-bond donors (Lipinski definition) is 0. The molecule has 1 fully saturated rings. The van der Waals surface area contributed by atoms with Gasteiger partial charge in [0.15, 0.2) is 0 Å². The van der Waals surface area contributed by atoms with Crippen molar-refractivity contribution in [2.24, 2.45) is 17.3 Å². The topological polar surface area (TPSA) is 46.1 Å². The van der Waals surface area contributed by atoms with Crippen LogP contribution >= 0.6 is 0 Å². The number of amides is 1. The van der Waals surface area contributed by atoms with E-state index in [0.29, 0.717) is 11.8 Å². The fraction of sp³-hybridized carbons (Fsp3) is 0.640. The van der Waals surface area contributed by atoms with Crippen LogP contribution in [0.15, 0.2) is 24.3 Å². The number of benzene rings is 1. The van der Waals surface area contributed by atoms with Crippen molar-refractivity contribution in [3.63, 3.8) is 0 Å². The number of hydrogen-bond acceptors (Lipinski definition) is 3. The maximum Gasteiger partial charge on any atom is 0.235 e. The fourth-order valence-electron chi connectivity index (χ4n) is 5.91. The lowest BCUT2D eigenvalue weighted by molar-refractivity contribution is -0.142. The van der Waals surface area contributed by atoms with Gasteiger partial charge >= 0.3 is 0 Å². The van der Waals surface area contributed by atoms with Gasteiger partial charge in [-0.25, -0.2) is 9.97 Å². The van der Waals surface area contributed by atoms with E-state index in [1.165, 1.54) is 0 Å². The number of aromatic nitrogens is 2. The van der Waals surface area contributed by atoms with Gasteiger partial charge in [-0.05, 0) is 42.2 Å². The van der Waals surface area contributed by atoms with Crippen LogP contribution in [0.4, 0.5) is 0 Å². The molecule has 1 saturated carbocycles. The predicted octanol–water partition coefficient (Wildman–Crippen LogP) is 5.10. The van der Waals surface area contributed by atoms with Crippen LogP contribution < -0.4 is 0 Å². The Kier molecular flexibility index (Phi) is 4.56. The zero-order valence-corrected chi connectivity index (χ0v) is 19.0. The van der Waals surface area contributed by atoms with Crippen molar-refractivity contribution >= 4 is 16.9 Å². The van der Waals surface area contributed by atoms with Crippen molar-refractivity contribution in [3.8, 4) is 0 Å². The van der Waals surface area contributed by atoms with Gasteiger partial charge in [0.2, 0.25) is 5.91 Å². The van der Waals surface area contributed by atoms with E-state index >= 15 is 0 Å². The molecule has 2 aliphatic carbocycles. The molecule has 1 heterocycles. The second-order valence-electron chi connectivity index (χ2n) is 10.8. The van der Waals surface area contributed by atoms with Crippen molar-refractivity contribution in [2.45, 2.75) is 72.1 Å². The minimum absolute atomic E-state index is 0.129. The normalized spacial score (nSPS) is 27.1. The van der Waals surface area contributed by atoms with Crippen LogP contribution in [0.25, 0.3) is 11.0 Å². The first-order chi connectivity index (χ1) is 13.5. The van der Waals surface area contributed by atoms with Crippen LogP contribution in [0.1, 0.15) is 72.7 Å². The Morgan fingerprint density at radius 1 is 0.931 bits per heavy atom. The summed E-state index contributed by atoms with van der Waals surface area (Å²) in [6, 6.07) is 8.06. The number of carbonyl (C=O) groups is 1. The quantitative estimate of drug-likeness (QED) is 0.710. The number of carbonyl (C=O) groups excluding carboxylic acids is 1. The van der Waals surface area contributed by atoms with E-state index in [9.17, 15) is 4.79 Å². The second-order valence-corrected chi connectivity index (χ2v) is 10.8. The Labute approximate surface area is 175 Å². The fourth-order valence-corrected chi connectivity index (χ4v) is 5.91. The average Bonchev–Trinajstić information content (AvgIpc) is 2.94. The molecule has 2 bridgehead atoms. The van der Waals surface area contributed by atoms with E-state index in [-0.39, 0.29) is 16.7 Å². The lowest BCUT2D eigenvalue weighted by Gasteiger charge is -2.43. The molecule has 2 aliphatic rings. The molecule has 4 rings (SSSR count). The van der Waals surface area contributed by atoms with Gasteiger partial charge in [-0.1, -0.05) is 60.6 Å².